The number of carboxylic acids is 1. The third-order valence-electron chi connectivity index (χ3n) is 3.50. The first-order chi connectivity index (χ1) is 10.5. The van der Waals surface area contributed by atoms with Crippen LogP contribution in [0, 0.1) is 0 Å². The van der Waals surface area contributed by atoms with E-state index in [-0.39, 0.29) is 5.91 Å². The molecule has 0 spiro atoms. The van der Waals surface area contributed by atoms with Gasteiger partial charge in [-0.05, 0) is 12.1 Å². The van der Waals surface area contributed by atoms with Crippen molar-refractivity contribution in [3.63, 3.8) is 0 Å². The van der Waals surface area contributed by atoms with Crippen LogP contribution in [0.4, 0.5) is 11.4 Å². The molecule has 22 heavy (non-hydrogen) atoms. The smallest absolute Gasteiger partial charge is 0.328 e. The number of methoxy groups -OCH3 is 1. The molecule has 1 saturated heterocycles. The number of hydrogen-bond donors (Lipinski definition) is 2. The Bertz CT molecular complexity index is 592. The first-order valence-electron chi connectivity index (χ1n) is 6.89. The third-order valence-corrected chi connectivity index (χ3v) is 3.50. The summed E-state index contributed by atoms with van der Waals surface area (Å²) >= 11 is 0. The number of rotatable bonds is 4. The van der Waals surface area contributed by atoms with Gasteiger partial charge in [-0.1, -0.05) is 0 Å². The molecule has 3 N–H and O–H groups in total. The Labute approximate surface area is 128 Å². The normalized spacial score (nSPS) is 15.1. The molecule has 1 aromatic rings. The molecule has 0 radical (unpaired) electrons. The number of anilines is 2. The lowest BCUT2D eigenvalue weighted by Gasteiger charge is -2.36. The van der Waals surface area contributed by atoms with Gasteiger partial charge >= 0.3 is 5.97 Å². The molecule has 0 unspecified atom stereocenters. The Kier molecular flexibility index (Phi) is 4.88. The van der Waals surface area contributed by atoms with E-state index in [1.165, 1.54) is 0 Å². The molecule has 1 heterocycles. The topological polar surface area (TPSA) is 96.1 Å². The molecule has 2 rings (SSSR count). The molecule has 0 aromatic heterocycles. The predicted octanol–water partition coefficient (Wildman–Crippen LogP) is 0.567. The van der Waals surface area contributed by atoms with Gasteiger partial charge in [0.25, 0.3) is 0 Å². The monoisotopic (exact) mass is 305 g/mol. The van der Waals surface area contributed by atoms with E-state index in [0.29, 0.717) is 37.6 Å². The van der Waals surface area contributed by atoms with Gasteiger partial charge in [-0.2, -0.15) is 0 Å². The molecule has 118 valence electrons. The van der Waals surface area contributed by atoms with Gasteiger partial charge in [-0.3, -0.25) is 4.79 Å². The Balaban J connectivity index is 2.00. The van der Waals surface area contributed by atoms with E-state index in [9.17, 15) is 9.59 Å². The van der Waals surface area contributed by atoms with Gasteiger partial charge in [-0.15, -0.1) is 0 Å². The van der Waals surface area contributed by atoms with Crippen LogP contribution in [0.5, 0.6) is 5.75 Å². The molecule has 0 saturated carbocycles. The number of carboxylic acid groups (broad SMARTS) is 1. The SMILES string of the molecule is COc1cc(N)ccc1N1CCN(C(=O)/C=C/C(=O)O)CC1. The molecule has 1 aromatic carbocycles. The standard InChI is InChI=1S/C15H19N3O4/c1-22-13-10-11(16)2-3-12(13)17-6-8-18(9-7-17)14(19)4-5-15(20)21/h2-5,10H,6-9,16H2,1H3,(H,20,21)/b5-4+. The fourth-order valence-corrected chi connectivity index (χ4v) is 2.37. The molecule has 0 aliphatic carbocycles. The van der Waals surface area contributed by atoms with Crippen molar-refractivity contribution in [3.8, 4) is 5.75 Å². The zero-order chi connectivity index (χ0) is 16.1. The van der Waals surface area contributed by atoms with Crippen LogP contribution in [-0.4, -0.2) is 55.2 Å². The fraction of sp³-hybridized carbons (Fsp3) is 0.333. The van der Waals surface area contributed by atoms with Gasteiger partial charge in [0.15, 0.2) is 0 Å². The minimum absolute atomic E-state index is 0.286. The minimum Gasteiger partial charge on any atom is -0.495 e. The predicted molar refractivity (Wildman–Crippen MR) is 83.0 cm³/mol. The number of benzene rings is 1. The second-order valence-electron chi connectivity index (χ2n) is 4.92. The van der Waals surface area contributed by atoms with Crippen LogP contribution in [0.1, 0.15) is 0 Å². The van der Waals surface area contributed by atoms with Crippen LogP contribution in [0.15, 0.2) is 30.4 Å². The summed E-state index contributed by atoms with van der Waals surface area (Å²) in [6.45, 7) is 2.34. The lowest BCUT2D eigenvalue weighted by molar-refractivity contribution is -0.132. The van der Waals surface area contributed by atoms with Crippen molar-refractivity contribution in [2.75, 3.05) is 43.9 Å². The molecule has 1 fully saturated rings. The van der Waals surface area contributed by atoms with Crippen LogP contribution in [0.25, 0.3) is 0 Å². The summed E-state index contributed by atoms with van der Waals surface area (Å²) in [4.78, 5) is 26.0. The first kappa shape index (κ1) is 15.7. The van der Waals surface area contributed by atoms with Crippen LogP contribution < -0.4 is 15.4 Å². The van der Waals surface area contributed by atoms with Crippen molar-refractivity contribution < 1.29 is 19.4 Å². The Morgan fingerprint density at radius 2 is 1.91 bits per heavy atom. The summed E-state index contributed by atoms with van der Waals surface area (Å²) in [5, 5.41) is 8.54. The van der Waals surface area contributed by atoms with Crippen LogP contribution in [0.3, 0.4) is 0 Å². The van der Waals surface area contributed by atoms with Crippen molar-refractivity contribution in [3.05, 3.63) is 30.4 Å². The highest BCUT2D eigenvalue weighted by Gasteiger charge is 2.21. The summed E-state index contributed by atoms with van der Waals surface area (Å²) in [5.41, 5.74) is 7.31. The Morgan fingerprint density at radius 3 is 2.50 bits per heavy atom. The number of nitrogens with zero attached hydrogens (tertiary/aromatic N) is 2. The van der Waals surface area contributed by atoms with E-state index >= 15 is 0 Å². The highest BCUT2D eigenvalue weighted by atomic mass is 16.5. The van der Waals surface area contributed by atoms with Crippen molar-refractivity contribution in [1.29, 1.82) is 0 Å². The van der Waals surface area contributed by atoms with Crippen LogP contribution in [0.2, 0.25) is 0 Å². The average molecular weight is 305 g/mol. The Hall–Kier alpha value is -2.70. The van der Waals surface area contributed by atoms with Gasteiger partial charge in [0, 0.05) is 50.1 Å². The number of ether oxygens (including phenoxy) is 1. The lowest BCUT2D eigenvalue weighted by Crippen LogP contribution is -2.48. The quantitative estimate of drug-likeness (QED) is 0.623. The Morgan fingerprint density at radius 1 is 1.23 bits per heavy atom. The van der Waals surface area contributed by atoms with E-state index in [1.807, 2.05) is 12.1 Å². The van der Waals surface area contributed by atoms with Gasteiger partial charge < -0.3 is 25.4 Å². The molecule has 1 amide bonds. The molecular weight excluding hydrogens is 286 g/mol. The second kappa shape index (κ2) is 6.84. The number of nitrogens with two attached hydrogens (primary N) is 1. The molecule has 7 heteroatoms. The van der Waals surface area contributed by atoms with Crippen molar-refractivity contribution in [1.82, 2.24) is 4.90 Å². The van der Waals surface area contributed by atoms with Gasteiger partial charge in [-0.25, -0.2) is 4.79 Å². The number of hydrogen-bond acceptors (Lipinski definition) is 5. The maximum atomic E-state index is 11.8. The summed E-state index contributed by atoms with van der Waals surface area (Å²) in [6, 6.07) is 5.48. The maximum absolute atomic E-state index is 11.8. The minimum atomic E-state index is -1.13. The van der Waals surface area contributed by atoms with Crippen LogP contribution >= 0.6 is 0 Å². The summed E-state index contributed by atoms with van der Waals surface area (Å²) in [6.07, 6.45) is 1.94. The molecule has 0 atom stereocenters. The zero-order valence-corrected chi connectivity index (χ0v) is 12.4. The number of carbonyl (C=O) groups excluding carboxylic acids is 1. The molecule has 7 nitrogen and oxygen atoms in total. The van der Waals surface area contributed by atoms with Gasteiger partial charge in [0.2, 0.25) is 5.91 Å². The molecule has 1 aliphatic rings. The first-order valence-corrected chi connectivity index (χ1v) is 6.89. The summed E-state index contributed by atoms with van der Waals surface area (Å²) in [5.74, 6) is -0.713. The van der Waals surface area contributed by atoms with Gasteiger partial charge in [0.05, 0.1) is 12.8 Å². The largest absolute Gasteiger partial charge is 0.495 e. The zero-order valence-electron chi connectivity index (χ0n) is 12.4. The second-order valence-corrected chi connectivity index (χ2v) is 4.92. The van der Waals surface area contributed by atoms with Crippen LogP contribution in [-0.2, 0) is 9.59 Å². The maximum Gasteiger partial charge on any atom is 0.328 e. The number of piperazine rings is 1. The average Bonchev–Trinajstić information content (AvgIpc) is 2.52. The van der Waals surface area contributed by atoms with E-state index in [2.05, 4.69) is 4.90 Å². The molecular formula is C15H19N3O4. The van der Waals surface area contributed by atoms with E-state index in [4.69, 9.17) is 15.6 Å². The highest BCUT2D eigenvalue weighted by Crippen LogP contribution is 2.30. The van der Waals surface area contributed by atoms with E-state index < -0.39 is 5.97 Å². The molecule has 0 bridgehead atoms. The number of carbonyl (C=O) groups is 2. The number of amides is 1. The lowest BCUT2D eigenvalue weighted by atomic mass is 10.2. The van der Waals surface area contributed by atoms with Crippen molar-refractivity contribution in [2.45, 2.75) is 0 Å². The third kappa shape index (κ3) is 3.69. The van der Waals surface area contributed by atoms with Crippen molar-refractivity contribution >= 4 is 23.3 Å². The molecule has 1 aliphatic heterocycles. The fourth-order valence-electron chi connectivity index (χ4n) is 2.37. The van der Waals surface area contributed by atoms with Gasteiger partial charge in [0.1, 0.15) is 5.75 Å². The number of aliphatic carboxylic acids is 1. The van der Waals surface area contributed by atoms with E-state index in [0.717, 1.165) is 17.8 Å². The van der Waals surface area contributed by atoms with Crippen molar-refractivity contribution in [2.24, 2.45) is 0 Å². The highest BCUT2D eigenvalue weighted by molar-refractivity contribution is 5.94. The van der Waals surface area contributed by atoms with E-state index in [1.54, 1.807) is 18.1 Å². The summed E-state index contributed by atoms with van der Waals surface area (Å²) < 4.78 is 5.34. The summed E-state index contributed by atoms with van der Waals surface area (Å²) in [7, 11) is 1.59. The number of nitrogen functional groups attached to an aromatic ring is 1.